The smallest absolute Gasteiger partial charge is 0.172 e. The minimum absolute atomic E-state index is 0.403. The van der Waals surface area contributed by atoms with Gasteiger partial charge in [-0.15, -0.1) is 33.3 Å². The van der Waals surface area contributed by atoms with Crippen molar-refractivity contribution in [2.24, 2.45) is 0 Å². The van der Waals surface area contributed by atoms with Gasteiger partial charge >= 0.3 is 0 Å². The lowest BCUT2D eigenvalue weighted by Gasteiger charge is -1.90. The second-order valence-corrected chi connectivity index (χ2v) is 5.92. The van der Waals surface area contributed by atoms with E-state index < -0.39 is 0 Å². The van der Waals surface area contributed by atoms with Gasteiger partial charge in [-0.3, -0.25) is 0 Å². The van der Waals surface area contributed by atoms with Gasteiger partial charge in [-0.2, -0.15) is 4.37 Å². The van der Waals surface area contributed by atoms with E-state index in [2.05, 4.69) is 19.8 Å². The molecule has 0 aliphatic rings. The first-order valence-corrected chi connectivity index (χ1v) is 7.11. The Morgan fingerprint density at radius 2 is 2.20 bits per heavy atom. The first kappa shape index (κ1) is 9.71. The van der Waals surface area contributed by atoms with Gasteiger partial charge in [0.2, 0.25) is 0 Å². The van der Waals surface area contributed by atoms with Gasteiger partial charge in [0.25, 0.3) is 0 Å². The van der Waals surface area contributed by atoms with Crippen molar-refractivity contribution >= 4 is 66.7 Å². The summed E-state index contributed by atoms with van der Waals surface area (Å²) < 4.78 is 6.37. The van der Waals surface area contributed by atoms with E-state index in [4.69, 9.17) is 11.6 Å². The van der Waals surface area contributed by atoms with E-state index >= 15 is 0 Å². The molecule has 0 aliphatic carbocycles. The summed E-state index contributed by atoms with van der Waals surface area (Å²) in [4.78, 5) is 0.962. The Balaban J connectivity index is 2.55. The van der Waals surface area contributed by atoms with Crippen LogP contribution in [0, 0.1) is 0 Å². The zero-order valence-corrected chi connectivity index (χ0v) is 10.6. The Bertz CT molecular complexity index is 646. The lowest BCUT2D eigenvalue weighted by atomic mass is 10.4. The number of aromatic nitrogens is 4. The van der Waals surface area contributed by atoms with Crippen molar-refractivity contribution in [3.8, 4) is 0 Å². The monoisotopic (exact) mass is 274 g/mol. The Morgan fingerprint density at radius 3 is 3.00 bits per heavy atom. The highest BCUT2D eigenvalue weighted by Crippen LogP contribution is 2.41. The fourth-order valence-corrected chi connectivity index (χ4v) is 4.15. The van der Waals surface area contributed by atoms with Crippen molar-refractivity contribution in [2.45, 2.75) is 4.21 Å². The number of thioether (sulfide) groups is 1. The molecular formula is C7H3ClN4S3. The highest BCUT2D eigenvalue weighted by molar-refractivity contribution is 8.00. The number of hydrogen-bond donors (Lipinski definition) is 0. The third-order valence-corrected chi connectivity index (χ3v) is 5.44. The highest BCUT2D eigenvalue weighted by Gasteiger charge is 2.16. The number of thiophene rings is 1. The molecule has 0 radical (unpaired) electrons. The van der Waals surface area contributed by atoms with E-state index in [1.54, 1.807) is 11.8 Å². The minimum atomic E-state index is 0.403. The number of fused-ring (bicyclic) bond motifs is 3. The molecule has 4 nitrogen and oxygen atoms in total. The van der Waals surface area contributed by atoms with Crippen molar-refractivity contribution in [3.63, 3.8) is 0 Å². The molecule has 0 aliphatic heterocycles. The molecule has 0 unspecified atom stereocenters. The molecule has 0 spiro atoms. The van der Waals surface area contributed by atoms with Crippen LogP contribution >= 0.6 is 46.2 Å². The van der Waals surface area contributed by atoms with E-state index in [-0.39, 0.29) is 0 Å². The lowest BCUT2D eigenvalue weighted by Crippen LogP contribution is -1.86. The second kappa shape index (κ2) is 3.51. The van der Waals surface area contributed by atoms with Crippen LogP contribution in [0.25, 0.3) is 20.4 Å². The molecule has 3 aromatic rings. The number of nitrogens with zero attached hydrogens (tertiary/aromatic N) is 4. The van der Waals surface area contributed by atoms with Crippen molar-refractivity contribution in [2.75, 3.05) is 6.26 Å². The third-order valence-electron chi connectivity index (χ3n) is 1.93. The van der Waals surface area contributed by atoms with Gasteiger partial charge in [0.15, 0.2) is 5.15 Å². The molecule has 8 heteroatoms. The van der Waals surface area contributed by atoms with Crippen molar-refractivity contribution in [1.82, 2.24) is 19.8 Å². The molecule has 76 valence electrons. The fourth-order valence-electron chi connectivity index (χ4n) is 1.31. The van der Waals surface area contributed by atoms with Gasteiger partial charge in [0.05, 0.1) is 14.3 Å². The molecule has 15 heavy (non-hydrogen) atoms. The predicted octanol–water partition coefficient (Wildman–Crippen LogP) is 3.07. The van der Waals surface area contributed by atoms with Gasteiger partial charge < -0.3 is 0 Å². The van der Waals surface area contributed by atoms with Crippen LogP contribution in [0.1, 0.15) is 0 Å². The molecule has 3 aromatic heterocycles. The SMILES string of the molecule is CSc1snc2sc3c(Cl)nnnc3c12. The van der Waals surface area contributed by atoms with E-state index in [1.807, 2.05) is 6.26 Å². The summed E-state index contributed by atoms with van der Waals surface area (Å²) in [5, 5.41) is 12.8. The zero-order chi connectivity index (χ0) is 10.4. The van der Waals surface area contributed by atoms with Crippen LogP contribution in [0.2, 0.25) is 5.15 Å². The molecule has 3 rings (SSSR count). The maximum Gasteiger partial charge on any atom is 0.172 e. The largest absolute Gasteiger partial charge is 0.180 e. The summed E-state index contributed by atoms with van der Waals surface area (Å²) in [7, 11) is 0. The Kier molecular flexibility index (Phi) is 2.27. The fraction of sp³-hybridized carbons (Fsp3) is 0.143. The summed E-state index contributed by atoms with van der Waals surface area (Å²) in [6.45, 7) is 0. The van der Waals surface area contributed by atoms with Gasteiger partial charge in [0.1, 0.15) is 10.3 Å². The second-order valence-electron chi connectivity index (χ2n) is 2.71. The molecule has 0 saturated heterocycles. The van der Waals surface area contributed by atoms with Crippen molar-refractivity contribution in [1.29, 1.82) is 0 Å². The van der Waals surface area contributed by atoms with Crippen molar-refractivity contribution < 1.29 is 0 Å². The summed E-state index contributed by atoms with van der Waals surface area (Å²) >= 11 is 10.6. The van der Waals surface area contributed by atoms with Crippen LogP contribution in [-0.2, 0) is 0 Å². The Hall–Kier alpha value is -0.500. The molecule has 0 aromatic carbocycles. The normalized spacial score (nSPS) is 11.6. The zero-order valence-electron chi connectivity index (χ0n) is 7.39. The summed E-state index contributed by atoms with van der Waals surface area (Å²) in [5.74, 6) is 0. The first-order valence-electron chi connectivity index (χ1n) is 3.92. The van der Waals surface area contributed by atoms with E-state index in [9.17, 15) is 0 Å². The molecule has 0 atom stereocenters. The summed E-state index contributed by atoms with van der Waals surface area (Å²) in [6, 6.07) is 0. The van der Waals surface area contributed by atoms with Crippen LogP contribution in [-0.4, -0.2) is 26.0 Å². The molecular weight excluding hydrogens is 272 g/mol. The highest BCUT2D eigenvalue weighted by atomic mass is 35.5. The van der Waals surface area contributed by atoms with E-state index in [1.165, 1.54) is 22.9 Å². The van der Waals surface area contributed by atoms with Crippen LogP contribution in [0.3, 0.4) is 0 Å². The third kappa shape index (κ3) is 1.34. The van der Waals surface area contributed by atoms with Crippen LogP contribution in [0.4, 0.5) is 0 Å². The van der Waals surface area contributed by atoms with E-state index in [0.717, 1.165) is 24.6 Å². The number of hydrogen-bond acceptors (Lipinski definition) is 7. The summed E-state index contributed by atoms with van der Waals surface area (Å²) in [5.41, 5.74) is 0.813. The molecule has 0 amide bonds. The Labute approximate surface area is 102 Å². The predicted molar refractivity (Wildman–Crippen MR) is 65.2 cm³/mol. The molecule has 0 bridgehead atoms. The van der Waals surface area contributed by atoms with Crippen LogP contribution < -0.4 is 0 Å². The van der Waals surface area contributed by atoms with Crippen LogP contribution in [0.5, 0.6) is 0 Å². The quantitative estimate of drug-likeness (QED) is 0.638. The van der Waals surface area contributed by atoms with Crippen LogP contribution in [0.15, 0.2) is 4.21 Å². The standard InChI is InChI=1S/C7H3ClN4S3/c1-13-7-2-3-4(5(8)10-12-9-3)14-6(2)11-15-7/h1H3. The average molecular weight is 275 g/mol. The van der Waals surface area contributed by atoms with Gasteiger partial charge in [0, 0.05) is 0 Å². The maximum absolute atomic E-state index is 5.95. The Morgan fingerprint density at radius 1 is 1.33 bits per heavy atom. The minimum Gasteiger partial charge on any atom is -0.180 e. The van der Waals surface area contributed by atoms with Crippen molar-refractivity contribution in [3.05, 3.63) is 5.15 Å². The maximum atomic E-state index is 5.95. The summed E-state index contributed by atoms with van der Waals surface area (Å²) in [6.07, 6.45) is 2.02. The molecule has 0 saturated carbocycles. The molecule has 0 fully saturated rings. The molecule has 0 N–H and O–H groups in total. The van der Waals surface area contributed by atoms with Gasteiger partial charge in [-0.25, -0.2) is 0 Å². The number of halogens is 1. The topological polar surface area (TPSA) is 51.6 Å². The van der Waals surface area contributed by atoms with Gasteiger partial charge in [-0.05, 0) is 23.0 Å². The van der Waals surface area contributed by atoms with Gasteiger partial charge in [-0.1, -0.05) is 11.6 Å². The number of rotatable bonds is 1. The lowest BCUT2D eigenvalue weighted by molar-refractivity contribution is 0.899. The first-order chi connectivity index (χ1) is 7.31. The molecule has 3 heterocycles. The van der Waals surface area contributed by atoms with E-state index in [0.29, 0.717) is 5.15 Å². The average Bonchev–Trinajstić information content (AvgIpc) is 2.77.